The summed E-state index contributed by atoms with van der Waals surface area (Å²) in [6.07, 6.45) is 0.526. The molecule has 0 saturated carbocycles. The summed E-state index contributed by atoms with van der Waals surface area (Å²) >= 11 is 0. The lowest BCUT2D eigenvalue weighted by atomic mass is 10.0. The molecular formula is C13H17N3O3S. The molecule has 1 atom stereocenters. The number of sulfone groups is 1. The molecular weight excluding hydrogens is 278 g/mol. The SMILES string of the molecule is CC1(n2c(CO)nc3cc(N)ccc32)CCS(=O)(=O)C1. The molecule has 2 heterocycles. The first kappa shape index (κ1) is 13.4. The van der Waals surface area contributed by atoms with Gasteiger partial charge in [-0.3, -0.25) is 0 Å². The van der Waals surface area contributed by atoms with Crippen LogP contribution in [0.2, 0.25) is 0 Å². The van der Waals surface area contributed by atoms with Gasteiger partial charge in [0.15, 0.2) is 9.84 Å². The highest BCUT2D eigenvalue weighted by atomic mass is 32.2. The van der Waals surface area contributed by atoms with Gasteiger partial charge in [-0.1, -0.05) is 0 Å². The second kappa shape index (κ2) is 4.20. The van der Waals surface area contributed by atoms with Crippen LogP contribution in [0, 0.1) is 0 Å². The van der Waals surface area contributed by atoms with Gasteiger partial charge in [-0.15, -0.1) is 0 Å². The third-order valence-corrected chi connectivity index (χ3v) is 5.80. The largest absolute Gasteiger partial charge is 0.399 e. The predicted octanol–water partition coefficient (Wildman–Crippen LogP) is 0.644. The van der Waals surface area contributed by atoms with Gasteiger partial charge in [0.1, 0.15) is 12.4 Å². The van der Waals surface area contributed by atoms with Gasteiger partial charge in [0.25, 0.3) is 0 Å². The number of nitrogens with two attached hydrogens (primary N) is 1. The monoisotopic (exact) mass is 295 g/mol. The van der Waals surface area contributed by atoms with Crippen LogP contribution >= 0.6 is 0 Å². The Balaban J connectivity index is 2.25. The van der Waals surface area contributed by atoms with Crippen molar-refractivity contribution in [2.75, 3.05) is 17.2 Å². The van der Waals surface area contributed by atoms with Crippen molar-refractivity contribution in [3.63, 3.8) is 0 Å². The summed E-state index contributed by atoms with van der Waals surface area (Å²) in [7, 11) is -3.04. The summed E-state index contributed by atoms with van der Waals surface area (Å²) in [5, 5.41) is 9.53. The number of hydrogen-bond acceptors (Lipinski definition) is 5. The fourth-order valence-electron chi connectivity index (χ4n) is 3.03. The highest BCUT2D eigenvalue weighted by Gasteiger charge is 2.41. The maximum atomic E-state index is 11.8. The van der Waals surface area contributed by atoms with Crippen LogP contribution in [0.3, 0.4) is 0 Å². The van der Waals surface area contributed by atoms with Crippen LogP contribution < -0.4 is 5.73 Å². The van der Waals surface area contributed by atoms with Gasteiger partial charge in [-0.25, -0.2) is 13.4 Å². The molecule has 1 aliphatic rings. The van der Waals surface area contributed by atoms with E-state index in [-0.39, 0.29) is 18.1 Å². The van der Waals surface area contributed by atoms with E-state index in [9.17, 15) is 13.5 Å². The summed E-state index contributed by atoms with van der Waals surface area (Å²) in [4.78, 5) is 4.37. The molecule has 6 nitrogen and oxygen atoms in total. The van der Waals surface area contributed by atoms with E-state index in [1.165, 1.54) is 0 Å². The Kier molecular flexibility index (Phi) is 2.81. The third kappa shape index (κ3) is 1.97. The lowest BCUT2D eigenvalue weighted by Crippen LogP contribution is -2.32. The lowest BCUT2D eigenvalue weighted by Gasteiger charge is -2.27. The van der Waals surface area contributed by atoms with E-state index in [2.05, 4.69) is 4.98 Å². The molecule has 2 aromatic rings. The van der Waals surface area contributed by atoms with Crippen molar-refractivity contribution in [2.24, 2.45) is 0 Å². The minimum Gasteiger partial charge on any atom is -0.399 e. The van der Waals surface area contributed by atoms with Crippen molar-refractivity contribution < 1.29 is 13.5 Å². The molecule has 1 unspecified atom stereocenters. The Morgan fingerprint density at radius 3 is 2.85 bits per heavy atom. The summed E-state index contributed by atoms with van der Waals surface area (Å²) in [6, 6.07) is 5.32. The first-order valence-corrected chi connectivity index (χ1v) is 8.25. The molecule has 20 heavy (non-hydrogen) atoms. The Hall–Kier alpha value is -1.60. The maximum Gasteiger partial charge on any atom is 0.152 e. The molecule has 1 saturated heterocycles. The molecule has 1 aliphatic heterocycles. The number of imidazole rings is 1. The molecule has 108 valence electrons. The quantitative estimate of drug-likeness (QED) is 0.792. The average molecular weight is 295 g/mol. The van der Waals surface area contributed by atoms with E-state index >= 15 is 0 Å². The number of aromatic nitrogens is 2. The highest BCUT2D eigenvalue weighted by Crippen LogP contribution is 2.35. The number of nitrogens with zero attached hydrogens (tertiary/aromatic N) is 2. The van der Waals surface area contributed by atoms with Gasteiger partial charge in [-0.2, -0.15) is 0 Å². The lowest BCUT2D eigenvalue weighted by molar-refractivity contribution is 0.248. The zero-order chi connectivity index (χ0) is 14.5. The van der Waals surface area contributed by atoms with Crippen LogP contribution in [-0.4, -0.2) is 34.6 Å². The number of aliphatic hydroxyl groups excluding tert-OH is 1. The fraction of sp³-hybridized carbons (Fsp3) is 0.462. The van der Waals surface area contributed by atoms with Crippen LogP contribution in [0.5, 0.6) is 0 Å². The van der Waals surface area contributed by atoms with E-state index in [0.717, 1.165) is 5.52 Å². The number of benzene rings is 1. The zero-order valence-corrected chi connectivity index (χ0v) is 12.0. The number of anilines is 1. The second-order valence-electron chi connectivity index (χ2n) is 5.61. The minimum atomic E-state index is -3.04. The molecule has 0 amide bonds. The third-order valence-electron chi connectivity index (χ3n) is 3.91. The van der Waals surface area contributed by atoms with Crippen molar-refractivity contribution in [1.29, 1.82) is 0 Å². The Bertz CT molecular complexity index is 782. The molecule has 0 radical (unpaired) electrons. The molecule has 3 rings (SSSR count). The number of hydrogen-bond donors (Lipinski definition) is 2. The summed E-state index contributed by atoms with van der Waals surface area (Å²) < 4.78 is 25.5. The minimum absolute atomic E-state index is 0.0723. The first-order valence-electron chi connectivity index (χ1n) is 6.43. The van der Waals surface area contributed by atoms with Crippen LogP contribution in [0.4, 0.5) is 5.69 Å². The molecule has 1 aromatic heterocycles. The first-order chi connectivity index (χ1) is 9.35. The highest BCUT2D eigenvalue weighted by molar-refractivity contribution is 7.91. The van der Waals surface area contributed by atoms with Crippen molar-refractivity contribution in [3.05, 3.63) is 24.0 Å². The van der Waals surface area contributed by atoms with E-state index in [4.69, 9.17) is 5.73 Å². The van der Waals surface area contributed by atoms with Crippen LogP contribution in [0.15, 0.2) is 18.2 Å². The van der Waals surface area contributed by atoms with Crippen molar-refractivity contribution in [1.82, 2.24) is 9.55 Å². The van der Waals surface area contributed by atoms with Crippen molar-refractivity contribution >= 4 is 26.6 Å². The molecule has 7 heteroatoms. The molecule has 1 fully saturated rings. The smallest absolute Gasteiger partial charge is 0.152 e. The number of rotatable bonds is 2. The van der Waals surface area contributed by atoms with Crippen LogP contribution in [0.1, 0.15) is 19.2 Å². The topological polar surface area (TPSA) is 98.2 Å². The average Bonchev–Trinajstić information content (AvgIpc) is 2.86. The summed E-state index contributed by atoms with van der Waals surface area (Å²) in [5.41, 5.74) is 7.26. The van der Waals surface area contributed by atoms with Gasteiger partial charge in [0.05, 0.1) is 28.1 Å². The van der Waals surface area contributed by atoms with Crippen LogP contribution in [-0.2, 0) is 22.0 Å². The van der Waals surface area contributed by atoms with Crippen LogP contribution in [0.25, 0.3) is 11.0 Å². The van der Waals surface area contributed by atoms with Gasteiger partial charge < -0.3 is 15.4 Å². The van der Waals surface area contributed by atoms with Gasteiger partial charge in [-0.05, 0) is 31.5 Å². The van der Waals surface area contributed by atoms with Gasteiger partial charge >= 0.3 is 0 Å². The number of aliphatic hydroxyl groups is 1. The standard InChI is InChI=1S/C13H17N3O3S/c1-13(4-5-20(18,19)8-13)16-11-3-2-9(14)6-10(11)15-12(16)7-17/h2-3,6,17H,4-5,7-8,14H2,1H3. The van der Waals surface area contributed by atoms with E-state index in [1.54, 1.807) is 12.1 Å². The molecule has 0 bridgehead atoms. The van der Waals surface area contributed by atoms with E-state index in [0.29, 0.717) is 23.4 Å². The zero-order valence-electron chi connectivity index (χ0n) is 11.2. The predicted molar refractivity (Wildman–Crippen MR) is 77.0 cm³/mol. The van der Waals surface area contributed by atoms with Crippen molar-refractivity contribution in [3.8, 4) is 0 Å². The van der Waals surface area contributed by atoms with Gasteiger partial charge in [0.2, 0.25) is 0 Å². The number of nitrogen functional groups attached to an aromatic ring is 1. The van der Waals surface area contributed by atoms with Gasteiger partial charge in [0, 0.05) is 5.69 Å². The summed E-state index contributed by atoms with van der Waals surface area (Å²) in [6.45, 7) is 1.67. The van der Waals surface area contributed by atoms with E-state index in [1.807, 2.05) is 17.6 Å². The van der Waals surface area contributed by atoms with E-state index < -0.39 is 15.4 Å². The number of fused-ring (bicyclic) bond motifs is 1. The van der Waals surface area contributed by atoms with Crippen molar-refractivity contribution in [2.45, 2.75) is 25.5 Å². The second-order valence-corrected chi connectivity index (χ2v) is 7.79. The molecule has 0 spiro atoms. The molecule has 3 N–H and O–H groups in total. The maximum absolute atomic E-state index is 11.8. The summed E-state index contributed by atoms with van der Waals surface area (Å²) in [5.74, 6) is 0.719. The normalized spacial score (nSPS) is 25.3. The molecule has 0 aliphatic carbocycles. The fourth-order valence-corrected chi connectivity index (χ4v) is 5.14. The molecule has 1 aromatic carbocycles. The Morgan fingerprint density at radius 2 is 2.25 bits per heavy atom. The Morgan fingerprint density at radius 1 is 1.50 bits per heavy atom. The Labute approximate surface area is 117 Å².